The Kier molecular flexibility index (Phi) is 4.66. The lowest BCUT2D eigenvalue weighted by Gasteiger charge is -2.25. The number of H-pyrrole nitrogens is 1. The number of amides is 1. The van der Waals surface area contributed by atoms with Gasteiger partial charge in [-0.2, -0.15) is 4.40 Å². The van der Waals surface area contributed by atoms with Crippen molar-refractivity contribution in [3.63, 3.8) is 0 Å². The first kappa shape index (κ1) is 17.1. The van der Waals surface area contributed by atoms with Crippen LogP contribution in [0.15, 0.2) is 48.7 Å². The molecule has 0 aliphatic heterocycles. The topological polar surface area (TPSA) is 69.2 Å². The summed E-state index contributed by atoms with van der Waals surface area (Å²) in [4.78, 5) is 16.1. The molecule has 0 saturated heterocycles. The van der Waals surface area contributed by atoms with Crippen molar-refractivity contribution in [3.8, 4) is 11.3 Å². The van der Waals surface area contributed by atoms with Crippen molar-refractivity contribution in [2.24, 2.45) is 0 Å². The predicted molar refractivity (Wildman–Crippen MR) is 100 cm³/mol. The number of hydrogen-bond donors (Lipinski definition) is 3. The van der Waals surface area contributed by atoms with Crippen LogP contribution >= 0.6 is 11.6 Å². The normalized spacial score (nSPS) is 20.2. The summed E-state index contributed by atoms with van der Waals surface area (Å²) in [6.07, 6.45) is 4.71. The number of pyridine rings is 1. The number of benzene rings is 1. The Bertz CT molecular complexity index is 945. The number of aromatic nitrogens is 2. The van der Waals surface area contributed by atoms with E-state index in [1.54, 1.807) is 0 Å². The molecule has 26 heavy (non-hydrogen) atoms. The van der Waals surface area contributed by atoms with Crippen molar-refractivity contribution in [2.45, 2.75) is 37.8 Å². The first-order valence-electron chi connectivity index (χ1n) is 8.89. The maximum atomic E-state index is 12.9. The van der Waals surface area contributed by atoms with Crippen molar-refractivity contribution >= 4 is 23.0 Å². The van der Waals surface area contributed by atoms with E-state index in [1.807, 2.05) is 53.1 Å². The number of aliphatic hydroxyl groups is 1. The van der Waals surface area contributed by atoms with E-state index in [0.29, 0.717) is 10.8 Å². The summed E-state index contributed by atoms with van der Waals surface area (Å²) in [5.74, 6) is 0.350. The average Bonchev–Trinajstić information content (AvgIpc) is 3.03. The fraction of sp³-hybridized carbons (Fsp3) is 0.300. The van der Waals surface area contributed by atoms with Crippen molar-refractivity contribution in [1.82, 2.24) is 10.3 Å². The summed E-state index contributed by atoms with van der Waals surface area (Å²) >= 11 is 6.14. The van der Waals surface area contributed by atoms with Crippen molar-refractivity contribution < 1.29 is 14.3 Å². The molecule has 1 aromatic carbocycles. The molecule has 0 unspecified atom stereocenters. The van der Waals surface area contributed by atoms with E-state index in [4.69, 9.17) is 11.6 Å². The molecule has 3 N–H and O–H groups in total. The Morgan fingerprint density at radius 1 is 1.15 bits per heavy atom. The number of nitrogens with one attached hydrogen (secondary N) is 2. The van der Waals surface area contributed by atoms with E-state index in [1.165, 1.54) is 0 Å². The van der Waals surface area contributed by atoms with Crippen LogP contribution in [0.25, 0.3) is 16.8 Å². The molecule has 6 heteroatoms. The van der Waals surface area contributed by atoms with Crippen molar-refractivity contribution in [3.05, 3.63) is 59.5 Å². The largest absolute Gasteiger partial charge is 0.393 e. The molecule has 0 bridgehead atoms. The van der Waals surface area contributed by atoms with Crippen LogP contribution in [-0.4, -0.2) is 28.1 Å². The fourth-order valence-electron chi connectivity index (χ4n) is 3.59. The van der Waals surface area contributed by atoms with Gasteiger partial charge in [0.05, 0.1) is 12.3 Å². The van der Waals surface area contributed by atoms with Crippen LogP contribution in [-0.2, 0) is 0 Å². The quantitative estimate of drug-likeness (QED) is 0.620. The fourth-order valence-corrected chi connectivity index (χ4v) is 3.78. The van der Waals surface area contributed by atoms with Gasteiger partial charge in [-0.3, -0.25) is 4.79 Å². The lowest BCUT2D eigenvalue weighted by Crippen LogP contribution is -2.42. The zero-order chi connectivity index (χ0) is 18.1. The van der Waals surface area contributed by atoms with Gasteiger partial charge in [-0.25, -0.2) is 4.98 Å². The Hall–Kier alpha value is -2.37. The third-order valence-electron chi connectivity index (χ3n) is 4.96. The standard InChI is InChI=1S/C20H20ClN3O2/c21-14-5-3-4-13(12-14)18-17-6-1-2-11-24(17)19(23-18)20(26)22-15-7-9-16(25)10-8-15/h1-6,11-12,15-16,25H,7-10H2,(H,22,26)/p+1. The number of nitrogens with zero attached hydrogens (tertiary/aromatic N) is 1. The molecule has 4 rings (SSSR count). The second-order valence-electron chi connectivity index (χ2n) is 6.79. The predicted octanol–water partition coefficient (Wildman–Crippen LogP) is 3.11. The first-order chi connectivity index (χ1) is 12.6. The molecule has 0 spiro atoms. The Morgan fingerprint density at radius 3 is 2.73 bits per heavy atom. The number of carbonyl (C=O) groups is 1. The number of halogens is 1. The van der Waals surface area contributed by atoms with Crippen LogP contribution in [0, 0.1) is 0 Å². The molecule has 1 aliphatic carbocycles. The number of fused-ring (bicyclic) bond motifs is 1. The summed E-state index contributed by atoms with van der Waals surface area (Å²) in [5.41, 5.74) is 2.71. The number of aliphatic hydroxyl groups excluding tert-OH is 1. The molecule has 0 atom stereocenters. The van der Waals surface area contributed by atoms with Gasteiger partial charge < -0.3 is 10.4 Å². The summed E-state index contributed by atoms with van der Waals surface area (Å²) in [6.45, 7) is 0. The summed E-state index contributed by atoms with van der Waals surface area (Å²) in [6, 6.07) is 13.5. The molecule has 3 aromatic rings. The van der Waals surface area contributed by atoms with E-state index in [0.717, 1.165) is 42.5 Å². The number of imidazole rings is 1. The molecule has 1 amide bonds. The number of aromatic amines is 1. The Labute approximate surface area is 156 Å². The molecule has 2 heterocycles. The molecule has 0 radical (unpaired) electrons. The molecule has 134 valence electrons. The summed E-state index contributed by atoms with van der Waals surface area (Å²) in [7, 11) is 0. The highest BCUT2D eigenvalue weighted by Crippen LogP contribution is 2.25. The van der Waals surface area contributed by atoms with Crippen LogP contribution in [0.2, 0.25) is 5.02 Å². The Balaban J connectivity index is 1.68. The third-order valence-corrected chi connectivity index (χ3v) is 5.20. The minimum absolute atomic E-state index is 0.100. The van der Waals surface area contributed by atoms with E-state index in [9.17, 15) is 9.90 Å². The van der Waals surface area contributed by atoms with Gasteiger partial charge in [0.2, 0.25) is 0 Å². The second-order valence-corrected chi connectivity index (χ2v) is 7.23. The highest BCUT2D eigenvalue weighted by molar-refractivity contribution is 6.30. The smallest absolute Gasteiger partial charge is 0.351 e. The van der Waals surface area contributed by atoms with Crippen LogP contribution in [0.5, 0.6) is 0 Å². The lowest BCUT2D eigenvalue weighted by molar-refractivity contribution is -0.513. The van der Waals surface area contributed by atoms with E-state index in [-0.39, 0.29) is 18.1 Å². The van der Waals surface area contributed by atoms with Gasteiger partial charge >= 0.3 is 11.7 Å². The summed E-state index contributed by atoms with van der Waals surface area (Å²) < 4.78 is 1.86. The molecule has 5 nitrogen and oxygen atoms in total. The number of rotatable bonds is 3. The van der Waals surface area contributed by atoms with Crippen molar-refractivity contribution in [1.29, 1.82) is 0 Å². The lowest BCUT2D eigenvalue weighted by atomic mass is 9.93. The number of hydrogen-bond acceptors (Lipinski definition) is 2. The van der Waals surface area contributed by atoms with Crippen LogP contribution in [0.3, 0.4) is 0 Å². The van der Waals surface area contributed by atoms with Crippen molar-refractivity contribution in [2.75, 3.05) is 0 Å². The van der Waals surface area contributed by atoms with E-state index < -0.39 is 0 Å². The maximum Gasteiger partial charge on any atom is 0.351 e. The van der Waals surface area contributed by atoms with Crippen LogP contribution in [0.1, 0.15) is 36.3 Å². The molecular weight excluding hydrogens is 350 g/mol. The zero-order valence-corrected chi connectivity index (χ0v) is 15.0. The summed E-state index contributed by atoms with van der Waals surface area (Å²) in [5, 5.41) is 13.4. The molecule has 1 saturated carbocycles. The molecule has 1 aliphatic rings. The average molecular weight is 371 g/mol. The van der Waals surface area contributed by atoms with Gasteiger partial charge in [0, 0.05) is 16.6 Å². The van der Waals surface area contributed by atoms with Gasteiger partial charge in [0.1, 0.15) is 0 Å². The number of carbonyl (C=O) groups excluding carboxylic acids is 1. The SMILES string of the molecule is O=C(NC1CCC(O)CC1)c1[nH]c(-c2cccc(Cl)c2)c2cccc[n+]12. The molecule has 1 fully saturated rings. The minimum atomic E-state index is -0.238. The Morgan fingerprint density at radius 2 is 1.96 bits per heavy atom. The highest BCUT2D eigenvalue weighted by atomic mass is 35.5. The van der Waals surface area contributed by atoms with Gasteiger partial charge in [-0.15, -0.1) is 0 Å². The highest BCUT2D eigenvalue weighted by Gasteiger charge is 2.28. The van der Waals surface area contributed by atoms with Crippen LogP contribution in [0.4, 0.5) is 0 Å². The van der Waals surface area contributed by atoms with Gasteiger partial charge in [-0.1, -0.05) is 29.8 Å². The van der Waals surface area contributed by atoms with Gasteiger partial charge in [0.25, 0.3) is 0 Å². The third kappa shape index (κ3) is 3.32. The van der Waals surface area contributed by atoms with Crippen LogP contribution < -0.4 is 9.72 Å². The van der Waals surface area contributed by atoms with E-state index >= 15 is 0 Å². The van der Waals surface area contributed by atoms with E-state index in [2.05, 4.69) is 10.3 Å². The molecular formula is C20H21ClN3O2+. The zero-order valence-electron chi connectivity index (χ0n) is 14.3. The van der Waals surface area contributed by atoms with Gasteiger partial charge in [-0.05, 0) is 49.9 Å². The minimum Gasteiger partial charge on any atom is -0.393 e. The monoisotopic (exact) mass is 370 g/mol. The second kappa shape index (κ2) is 7.09. The first-order valence-corrected chi connectivity index (χ1v) is 9.27. The maximum absolute atomic E-state index is 12.9. The van der Waals surface area contributed by atoms with Gasteiger partial charge in [0.15, 0.2) is 11.2 Å². The molecule has 2 aromatic heterocycles.